The van der Waals surface area contributed by atoms with Crippen molar-refractivity contribution >= 4 is 11.4 Å². The molecule has 10 heteroatoms. The van der Waals surface area contributed by atoms with Crippen LogP contribution in [0.4, 0.5) is 0 Å². The van der Waals surface area contributed by atoms with Crippen LogP contribution >= 0.6 is 0 Å². The third kappa shape index (κ3) is 4.36. The average Bonchev–Trinajstić information content (AvgIpc) is 3.22. The maximum Gasteiger partial charge on any atom is 0.315 e. The van der Waals surface area contributed by atoms with Gasteiger partial charge in [0.15, 0.2) is 5.82 Å². The Kier molecular flexibility index (Phi) is 5.74. The number of aromatic nitrogens is 5. The van der Waals surface area contributed by atoms with Crippen molar-refractivity contribution in [1.29, 1.82) is 0 Å². The number of aryl methyl sites for hydroxylation is 1. The number of nitrogens with zero attached hydrogens (tertiary/aromatic N) is 5. The molecule has 1 fully saturated rings. The number of carbonyl (C=O) groups excluding carboxylic acids is 1. The van der Waals surface area contributed by atoms with E-state index in [0.29, 0.717) is 31.5 Å². The van der Waals surface area contributed by atoms with Gasteiger partial charge in [-0.05, 0) is 43.0 Å². The zero-order chi connectivity index (χ0) is 23.7. The van der Waals surface area contributed by atoms with E-state index in [1.54, 1.807) is 24.0 Å². The Morgan fingerprint density at radius 2 is 2.09 bits per heavy atom. The molecular weight excluding hydrogens is 436 g/mol. The second-order valence-electron chi connectivity index (χ2n) is 8.74. The van der Waals surface area contributed by atoms with Crippen molar-refractivity contribution in [3.8, 4) is 17.1 Å². The van der Waals surface area contributed by atoms with Crippen LogP contribution in [-0.4, -0.2) is 51.0 Å². The minimum absolute atomic E-state index is 0.00462. The molecule has 3 heterocycles. The molecule has 0 bridgehead atoms. The molecule has 1 aromatic carbocycles. The second-order valence-corrected chi connectivity index (χ2v) is 8.74. The topological polar surface area (TPSA) is 117 Å². The van der Waals surface area contributed by atoms with E-state index in [1.165, 1.54) is 0 Å². The number of methoxy groups -OCH3 is 1. The lowest BCUT2D eigenvalue weighted by Crippen LogP contribution is -2.23. The summed E-state index contributed by atoms with van der Waals surface area (Å²) in [7, 11) is 1.62. The number of rotatable bonds is 9. The van der Waals surface area contributed by atoms with E-state index in [4.69, 9.17) is 19.0 Å². The molecule has 0 unspecified atom stereocenters. The molecule has 0 atom stereocenters. The molecule has 1 aliphatic carbocycles. The molecule has 0 saturated heterocycles. The number of hydrogen-bond acceptors (Lipinski definition) is 8. The van der Waals surface area contributed by atoms with E-state index >= 15 is 0 Å². The minimum atomic E-state index is -0.380. The molecule has 1 N–H and O–H groups in total. The number of fused-ring (bicyclic) bond motifs is 1. The van der Waals surface area contributed by atoms with E-state index in [2.05, 4.69) is 27.5 Å². The fourth-order valence-corrected chi connectivity index (χ4v) is 3.68. The van der Waals surface area contributed by atoms with Gasteiger partial charge >= 0.3 is 11.8 Å². The highest BCUT2D eigenvalue weighted by Gasteiger charge is 2.44. The van der Waals surface area contributed by atoms with Crippen LogP contribution in [-0.2, 0) is 16.7 Å². The van der Waals surface area contributed by atoms with Crippen molar-refractivity contribution in [2.75, 3.05) is 20.3 Å². The molecule has 3 aromatic heterocycles. The summed E-state index contributed by atoms with van der Waals surface area (Å²) in [5.74, 6) is 0.687. The Morgan fingerprint density at radius 1 is 1.24 bits per heavy atom. The lowest BCUT2D eigenvalue weighted by atomic mass is 10.0. The summed E-state index contributed by atoms with van der Waals surface area (Å²) in [5, 5.41) is 11.2. The first-order valence-electron chi connectivity index (χ1n) is 11.2. The van der Waals surface area contributed by atoms with Crippen LogP contribution in [0.3, 0.4) is 0 Å². The third-order valence-corrected chi connectivity index (χ3v) is 6.12. The highest BCUT2D eigenvalue weighted by molar-refractivity contribution is 5.89. The van der Waals surface area contributed by atoms with Crippen molar-refractivity contribution in [2.45, 2.75) is 38.6 Å². The molecule has 0 spiro atoms. The predicted octanol–water partition coefficient (Wildman–Crippen LogP) is 3.09. The monoisotopic (exact) mass is 462 g/mol. The van der Waals surface area contributed by atoms with Gasteiger partial charge in [0.05, 0.1) is 24.5 Å². The minimum Gasteiger partial charge on any atom is -0.474 e. The zero-order valence-electron chi connectivity index (χ0n) is 19.4. The Balaban J connectivity index is 1.32. The summed E-state index contributed by atoms with van der Waals surface area (Å²) in [6, 6.07) is 7.89. The fraction of sp³-hybridized carbons (Fsp3) is 0.375. The van der Waals surface area contributed by atoms with Gasteiger partial charge in [-0.3, -0.25) is 4.79 Å². The molecule has 1 amide bonds. The van der Waals surface area contributed by atoms with Gasteiger partial charge in [-0.15, -0.1) is 0 Å². The summed E-state index contributed by atoms with van der Waals surface area (Å²) in [4.78, 5) is 21.4. The summed E-state index contributed by atoms with van der Waals surface area (Å²) in [5.41, 5.74) is 4.50. The van der Waals surface area contributed by atoms with Crippen LogP contribution in [0.15, 0.2) is 41.2 Å². The van der Waals surface area contributed by atoms with Gasteiger partial charge < -0.3 is 19.3 Å². The standard InChI is InChI=1S/C24H26N6O4/c1-15-12-16(20-18-6-9-26-30(18)14-19(27-20)33-11-10-32-3)4-5-17(15)13-25-21(31)22-28-23(29-34-22)24(2)7-8-24/h4-6,9,12,14H,7-8,10-11,13H2,1-3H3,(H,25,31). The highest BCUT2D eigenvalue weighted by atomic mass is 16.5. The van der Waals surface area contributed by atoms with Gasteiger partial charge in [0.1, 0.15) is 12.3 Å². The lowest BCUT2D eigenvalue weighted by molar-refractivity contribution is 0.0907. The van der Waals surface area contributed by atoms with E-state index < -0.39 is 0 Å². The van der Waals surface area contributed by atoms with Crippen LogP contribution < -0.4 is 10.1 Å². The van der Waals surface area contributed by atoms with Gasteiger partial charge in [0, 0.05) is 24.6 Å². The molecule has 0 radical (unpaired) electrons. The van der Waals surface area contributed by atoms with E-state index in [9.17, 15) is 4.79 Å². The average molecular weight is 463 g/mol. The van der Waals surface area contributed by atoms with Gasteiger partial charge in [-0.25, -0.2) is 9.50 Å². The number of benzene rings is 1. The third-order valence-electron chi connectivity index (χ3n) is 6.12. The van der Waals surface area contributed by atoms with Crippen LogP contribution in [0, 0.1) is 6.92 Å². The van der Waals surface area contributed by atoms with E-state index in [1.807, 2.05) is 31.2 Å². The van der Waals surface area contributed by atoms with Crippen LogP contribution in [0.2, 0.25) is 0 Å². The highest BCUT2D eigenvalue weighted by Crippen LogP contribution is 2.45. The zero-order valence-corrected chi connectivity index (χ0v) is 19.4. The normalized spacial score (nSPS) is 14.3. The van der Waals surface area contributed by atoms with Crippen molar-refractivity contribution in [2.24, 2.45) is 0 Å². The van der Waals surface area contributed by atoms with Crippen molar-refractivity contribution in [3.63, 3.8) is 0 Å². The number of nitrogens with one attached hydrogen (secondary N) is 1. The molecule has 0 aliphatic heterocycles. The molecule has 10 nitrogen and oxygen atoms in total. The van der Waals surface area contributed by atoms with Crippen molar-refractivity contribution in [3.05, 3.63) is 59.5 Å². The molecule has 1 saturated carbocycles. The molecule has 34 heavy (non-hydrogen) atoms. The Hall–Kier alpha value is -3.79. The summed E-state index contributed by atoms with van der Waals surface area (Å²) in [6.45, 7) is 5.27. The van der Waals surface area contributed by atoms with E-state index in [-0.39, 0.29) is 17.2 Å². The largest absolute Gasteiger partial charge is 0.474 e. The molecule has 5 rings (SSSR count). The van der Waals surface area contributed by atoms with Gasteiger partial charge in [-0.1, -0.05) is 24.2 Å². The summed E-state index contributed by atoms with van der Waals surface area (Å²) < 4.78 is 17.7. The van der Waals surface area contributed by atoms with Crippen molar-refractivity contribution in [1.82, 2.24) is 30.1 Å². The van der Waals surface area contributed by atoms with Crippen LogP contribution in [0.5, 0.6) is 5.88 Å². The van der Waals surface area contributed by atoms with E-state index in [0.717, 1.165) is 40.7 Å². The lowest BCUT2D eigenvalue weighted by Gasteiger charge is -2.12. The molecular formula is C24H26N6O4. The summed E-state index contributed by atoms with van der Waals surface area (Å²) in [6.07, 6.45) is 5.50. The van der Waals surface area contributed by atoms with Crippen LogP contribution in [0.25, 0.3) is 16.8 Å². The Labute approximate surface area is 196 Å². The van der Waals surface area contributed by atoms with Gasteiger partial charge in [-0.2, -0.15) is 10.1 Å². The molecule has 4 aromatic rings. The van der Waals surface area contributed by atoms with Crippen molar-refractivity contribution < 1.29 is 18.8 Å². The number of hydrogen-bond donors (Lipinski definition) is 1. The summed E-state index contributed by atoms with van der Waals surface area (Å²) >= 11 is 0. The maximum atomic E-state index is 12.5. The predicted molar refractivity (Wildman–Crippen MR) is 123 cm³/mol. The van der Waals surface area contributed by atoms with Crippen LogP contribution in [0.1, 0.15) is 47.4 Å². The molecule has 1 aliphatic rings. The second kappa shape index (κ2) is 8.86. The number of amides is 1. The quantitative estimate of drug-likeness (QED) is 0.377. The Bertz CT molecular complexity index is 1340. The number of carbonyl (C=O) groups is 1. The SMILES string of the molecule is COCCOc1cn2nccc2c(-c2ccc(CNC(=O)c3nc(C4(C)CC4)no3)c(C)c2)n1. The first-order chi connectivity index (χ1) is 16.5. The smallest absolute Gasteiger partial charge is 0.315 e. The number of ether oxygens (including phenoxy) is 2. The van der Waals surface area contributed by atoms with Gasteiger partial charge in [0.2, 0.25) is 5.88 Å². The molecule has 176 valence electrons. The first-order valence-corrected chi connectivity index (χ1v) is 11.2. The first kappa shape index (κ1) is 22.0. The Morgan fingerprint density at radius 3 is 2.85 bits per heavy atom. The van der Waals surface area contributed by atoms with Gasteiger partial charge in [0.25, 0.3) is 0 Å². The fourth-order valence-electron chi connectivity index (χ4n) is 3.68. The maximum absolute atomic E-state index is 12.5.